The van der Waals surface area contributed by atoms with Gasteiger partial charge in [-0.15, -0.1) is 24.0 Å². The van der Waals surface area contributed by atoms with Gasteiger partial charge >= 0.3 is 0 Å². The summed E-state index contributed by atoms with van der Waals surface area (Å²) in [4.78, 5) is 8.87. The van der Waals surface area contributed by atoms with Crippen LogP contribution in [0.5, 0.6) is 0 Å². The first-order valence-electron chi connectivity index (χ1n) is 9.78. The standard InChI is InChI=1S/C22H25FN6.HI/c23-20-6-8-21(9-7-20)27-10-12-28(13-11-27)22(24)25-14-19-15-26-29(17-19)16-18-4-2-1-3-5-18;/h1-9,15,17H,10-14,16H2,(H2,24,25);1H. The van der Waals surface area contributed by atoms with E-state index < -0.39 is 0 Å². The number of rotatable bonds is 5. The van der Waals surface area contributed by atoms with Crippen LogP contribution in [-0.4, -0.2) is 46.8 Å². The molecule has 158 valence electrons. The number of aliphatic imine (C=N–C) groups is 1. The molecule has 1 fully saturated rings. The van der Waals surface area contributed by atoms with Crippen molar-refractivity contribution in [3.05, 3.63) is 83.9 Å². The van der Waals surface area contributed by atoms with Crippen LogP contribution in [0.3, 0.4) is 0 Å². The predicted octanol–water partition coefficient (Wildman–Crippen LogP) is 3.33. The van der Waals surface area contributed by atoms with Crippen LogP contribution in [0.25, 0.3) is 0 Å². The van der Waals surface area contributed by atoms with Gasteiger partial charge in [0.25, 0.3) is 0 Å². The molecule has 4 rings (SSSR count). The summed E-state index contributed by atoms with van der Waals surface area (Å²) in [6.45, 7) is 4.50. The van der Waals surface area contributed by atoms with Crippen molar-refractivity contribution in [2.24, 2.45) is 10.7 Å². The van der Waals surface area contributed by atoms with Crippen LogP contribution in [0.2, 0.25) is 0 Å². The molecule has 2 heterocycles. The molecular weight excluding hydrogens is 494 g/mol. The third-order valence-corrected chi connectivity index (χ3v) is 5.09. The molecule has 1 aromatic heterocycles. The molecule has 0 atom stereocenters. The molecule has 8 heteroatoms. The molecule has 0 spiro atoms. The maximum Gasteiger partial charge on any atom is 0.191 e. The summed E-state index contributed by atoms with van der Waals surface area (Å²) in [7, 11) is 0. The fourth-order valence-corrected chi connectivity index (χ4v) is 3.46. The van der Waals surface area contributed by atoms with Crippen LogP contribution in [0, 0.1) is 5.82 Å². The summed E-state index contributed by atoms with van der Waals surface area (Å²) in [5.74, 6) is 0.343. The van der Waals surface area contributed by atoms with E-state index in [9.17, 15) is 4.39 Å². The highest BCUT2D eigenvalue weighted by Gasteiger charge is 2.18. The molecule has 2 N–H and O–H groups in total. The van der Waals surface area contributed by atoms with Gasteiger partial charge in [-0.3, -0.25) is 4.68 Å². The Balaban J connectivity index is 0.00000256. The summed E-state index contributed by atoms with van der Waals surface area (Å²) in [6.07, 6.45) is 3.85. The number of hydrogen-bond acceptors (Lipinski definition) is 3. The largest absolute Gasteiger partial charge is 0.370 e. The molecule has 0 saturated carbocycles. The Morgan fingerprint density at radius 2 is 1.67 bits per heavy atom. The zero-order valence-electron chi connectivity index (χ0n) is 16.7. The number of benzene rings is 2. The van der Waals surface area contributed by atoms with Crippen LogP contribution >= 0.6 is 24.0 Å². The maximum atomic E-state index is 13.1. The molecule has 0 aliphatic carbocycles. The lowest BCUT2D eigenvalue weighted by Gasteiger charge is -2.36. The van der Waals surface area contributed by atoms with Crippen molar-refractivity contribution < 1.29 is 4.39 Å². The molecule has 1 aliphatic rings. The van der Waals surface area contributed by atoms with Gasteiger partial charge in [-0.1, -0.05) is 30.3 Å². The Morgan fingerprint density at radius 3 is 2.37 bits per heavy atom. The van der Waals surface area contributed by atoms with Gasteiger partial charge < -0.3 is 15.5 Å². The molecule has 1 aliphatic heterocycles. The van der Waals surface area contributed by atoms with Gasteiger partial charge in [0, 0.05) is 43.6 Å². The average Bonchev–Trinajstić information content (AvgIpc) is 3.21. The van der Waals surface area contributed by atoms with Gasteiger partial charge in [0.05, 0.1) is 19.3 Å². The van der Waals surface area contributed by atoms with Crippen LogP contribution in [-0.2, 0) is 13.1 Å². The number of anilines is 1. The van der Waals surface area contributed by atoms with Gasteiger partial charge in [-0.05, 0) is 29.8 Å². The van der Waals surface area contributed by atoms with Crippen LogP contribution in [0.1, 0.15) is 11.1 Å². The van der Waals surface area contributed by atoms with E-state index in [2.05, 4.69) is 32.0 Å². The molecule has 0 radical (unpaired) electrons. The topological polar surface area (TPSA) is 62.7 Å². The highest BCUT2D eigenvalue weighted by molar-refractivity contribution is 14.0. The summed E-state index contributed by atoms with van der Waals surface area (Å²) in [5, 5.41) is 4.41. The van der Waals surface area contributed by atoms with Crippen molar-refractivity contribution in [3.63, 3.8) is 0 Å². The molecule has 3 aromatic rings. The van der Waals surface area contributed by atoms with Crippen molar-refractivity contribution in [2.45, 2.75) is 13.1 Å². The first-order chi connectivity index (χ1) is 14.2. The molecule has 30 heavy (non-hydrogen) atoms. The van der Waals surface area contributed by atoms with Gasteiger partial charge in [-0.2, -0.15) is 5.10 Å². The molecule has 2 aromatic carbocycles. The van der Waals surface area contributed by atoms with Gasteiger partial charge in [0.2, 0.25) is 0 Å². The Hall–Kier alpha value is -2.62. The third-order valence-electron chi connectivity index (χ3n) is 5.09. The smallest absolute Gasteiger partial charge is 0.191 e. The fourth-order valence-electron chi connectivity index (χ4n) is 3.46. The number of nitrogens with zero attached hydrogens (tertiary/aromatic N) is 5. The van der Waals surface area contributed by atoms with E-state index in [1.165, 1.54) is 17.7 Å². The van der Waals surface area contributed by atoms with Crippen molar-refractivity contribution in [1.82, 2.24) is 14.7 Å². The fraction of sp³-hybridized carbons (Fsp3) is 0.273. The Bertz CT molecular complexity index is 949. The first kappa shape index (κ1) is 22.1. The minimum Gasteiger partial charge on any atom is -0.370 e. The van der Waals surface area contributed by atoms with Crippen molar-refractivity contribution in [2.75, 3.05) is 31.1 Å². The van der Waals surface area contributed by atoms with Gasteiger partial charge in [-0.25, -0.2) is 9.38 Å². The number of guanidine groups is 1. The zero-order valence-corrected chi connectivity index (χ0v) is 19.0. The summed E-state index contributed by atoms with van der Waals surface area (Å²) in [6, 6.07) is 16.9. The van der Waals surface area contributed by atoms with E-state index in [1.54, 1.807) is 0 Å². The summed E-state index contributed by atoms with van der Waals surface area (Å²) in [5.41, 5.74) is 9.49. The van der Waals surface area contributed by atoms with Crippen molar-refractivity contribution in [1.29, 1.82) is 0 Å². The van der Waals surface area contributed by atoms with E-state index >= 15 is 0 Å². The quantitative estimate of drug-likeness (QED) is 0.319. The van der Waals surface area contributed by atoms with E-state index in [-0.39, 0.29) is 29.8 Å². The predicted molar refractivity (Wildman–Crippen MR) is 129 cm³/mol. The number of piperazine rings is 1. The maximum absolute atomic E-state index is 13.1. The minimum absolute atomic E-state index is 0. The molecule has 1 saturated heterocycles. The third kappa shape index (κ3) is 5.71. The SMILES string of the molecule is I.NC(=NCc1cnn(Cc2ccccc2)c1)N1CCN(c2ccc(F)cc2)CC1. The van der Waals surface area contributed by atoms with E-state index in [0.29, 0.717) is 12.5 Å². The molecule has 0 unspecified atom stereocenters. The Labute approximate surface area is 193 Å². The Morgan fingerprint density at radius 1 is 0.967 bits per heavy atom. The molecule has 6 nitrogen and oxygen atoms in total. The number of halogens is 2. The second-order valence-electron chi connectivity index (χ2n) is 7.16. The second kappa shape index (κ2) is 10.4. The van der Waals surface area contributed by atoms with Gasteiger partial charge in [0.15, 0.2) is 5.96 Å². The monoisotopic (exact) mass is 520 g/mol. The lowest BCUT2D eigenvalue weighted by Crippen LogP contribution is -2.51. The molecule has 0 amide bonds. The van der Waals surface area contributed by atoms with E-state index in [1.807, 2.05) is 47.4 Å². The first-order valence-corrected chi connectivity index (χ1v) is 9.78. The van der Waals surface area contributed by atoms with Gasteiger partial charge in [0.1, 0.15) is 5.82 Å². The summed E-state index contributed by atoms with van der Waals surface area (Å²) >= 11 is 0. The van der Waals surface area contributed by atoms with E-state index in [0.717, 1.165) is 44.0 Å². The van der Waals surface area contributed by atoms with Crippen LogP contribution in [0.15, 0.2) is 72.0 Å². The van der Waals surface area contributed by atoms with Crippen LogP contribution in [0.4, 0.5) is 10.1 Å². The summed E-state index contributed by atoms with van der Waals surface area (Å²) < 4.78 is 15.0. The minimum atomic E-state index is -0.212. The number of nitrogens with two attached hydrogens (primary N) is 1. The lowest BCUT2D eigenvalue weighted by molar-refractivity contribution is 0.380. The molecular formula is C22H26FIN6. The average molecular weight is 520 g/mol. The highest BCUT2D eigenvalue weighted by atomic mass is 127. The van der Waals surface area contributed by atoms with E-state index in [4.69, 9.17) is 5.73 Å². The highest BCUT2D eigenvalue weighted by Crippen LogP contribution is 2.17. The second-order valence-corrected chi connectivity index (χ2v) is 7.16. The molecule has 0 bridgehead atoms. The van der Waals surface area contributed by atoms with Crippen LogP contribution < -0.4 is 10.6 Å². The van der Waals surface area contributed by atoms with Crippen molar-refractivity contribution in [3.8, 4) is 0 Å². The zero-order chi connectivity index (χ0) is 20.1. The lowest BCUT2D eigenvalue weighted by atomic mass is 10.2. The number of aromatic nitrogens is 2. The normalized spacial score (nSPS) is 14.5. The Kier molecular flexibility index (Phi) is 7.67. The number of hydrogen-bond donors (Lipinski definition) is 1. The van der Waals surface area contributed by atoms with Crippen molar-refractivity contribution >= 4 is 35.6 Å².